The minimum atomic E-state index is -0.455. The van der Waals surface area contributed by atoms with Crippen molar-refractivity contribution in [1.29, 1.82) is 0 Å². The lowest BCUT2D eigenvalue weighted by Crippen LogP contribution is -2.42. The van der Waals surface area contributed by atoms with Gasteiger partial charge in [-0.1, -0.05) is 24.3 Å². The average Bonchev–Trinajstić information content (AvgIpc) is 2.42. The lowest BCUT2D eigenvalue weighted by molar-refractivity contribution is -0.0182. The Morgan fingerprint density at radius 2 is 2.10 bits per heavy atom. The molecule has 0 saturated heterocycles. The summed E-state index contributed by atoms with van der Waals surface area (Å²) >= 11 is 0. The van der Waals surface area contributed by atoms with Crippen LogP contribution >= 0.6 is 0 Å². The molecule has 0 saturated carbocycles. The molecule has 3 heteroatoms. The second kappa shape index (κ2) is 6.70. The van der Waals surface area contributed by atoms with Crippen molar-refractivity contribution < 1.29 is 9.84 Å². The summed E-state index contributed by atoms with van der Waals surface area (Å²) < 4.78 is 5.95. The highest BCUT2D eigenvalue weighted by Gasteiger charge is 2.21. The smallest absolute Gasteiger partial charge is 0.0898 e. The Bertz CT molecular complexity index is 425. The Morgan fingerprint density at radius 1 is 1.35 bits per heavy atom. The summed E-state index contributed by atoms with van der Waals surface area (Å²) in [4.78, 5) is 0. The van der Waals surface area contributed by atoms with E-state index in [0.717, 1.165) is 19.3 Å². The van der Waals surface area contributed by atoms with Crippen molar-refractivity contribution in [2.75, 3.05) is 13.2 Å². The summed E-state index contributed by atoms with van der Waals surface area (Å²) in [5.74, 6) is 0. The second-order valence-electron chi connectivity index (χ2n) is 6.70. The quantitative estimate of drug-likeness (QED) is 0.869. The number of fused-ring (bicyclic) bond motifs is 1. The van der Waals surface area contributed by atoms with Gasteiger partial charge in [0.05, 0.1) is 18.8 Å². The topological polar surface area (TPSA) is 41.5 Å². The maximum Gasteiger partial charge on any atom is 0.0898 e. The summed E-state index contributed by atoms with van der Waals surface area (Å²) in [5.41, 5.74) is 2.72. The van der Waals surface area contributed by atoms with E-state index in [4.69, 9.17) is 4.74 Å². The fraction of sp³-hybridized carbons (Fsp3) is 0.647. The van der Waals surface area contributed by atoms with Gasteiger partial charge in [0.2, 0.25) is 0 Å². The fourth-order valence-corrected chi connectivity index (χ4v) is 2.59. The minimum Gasteiger partial charge on any atom is -0.389 e. The number of hydrogen-bond donors (Lipinski definition) is 2. The maximum absolute atomic E-state index is 10.0. The molecule has 20 heavy (non-hydrogen) atoms. The van der Waals surface area contributed by atoms with Crippen molar-refractivity contribution in [3.05, 3.63) is 35.4 Å². The first-order valence-corrected chi connectivity index (χ1v) is 7.58. The maximum atomic E-state index is 10.0. The van der Waals surface area contributed by atoms with Crippen LogP contribution in [0.4, 0.5) is 0 Å². The minimum absolute atomic E-state index is 0.0262. The van der Waals surface area contributed by atoms with Crippen molar-refractivity contribution in [2.45, 2.75) is 57.8 Å². The third-order valence-corrected chi connectivity index (χ3v) is 3.67. The molecule has 0 fully saturated rings. The third kappa shape index (κ3) is 4.58. The number of ether oxygens (including phenoxy) is 1. The Labute approximate surface area is 122 Å². The number of benzene rings is 1. The molecule has 0 aliphatic heterocycles. The predicted molar refractivity (Wildman–Crippen MR) is 81.8 cm³/mol. The molecule has 3 nitrogen and oxygen atoms in total. The molecule has 0 spiro atoms. The molecular weight excluding hydrogens is 250 g/mol. The Balaban J connectivity index is 1.83. The molecule has 0 radical (unpaired) electrons. The largest absolute Gasteiger partial charge is 0.389 e. The highest BCUT2D eigenvalue weighted by Crippen LogP contribution is 2.32. The van der Waals surface area contributed by atoms with E-state index in [9.17, 15) is 5.11 Å². The van der Waals surface area contributed by atoms with E-state index in [1.807, 2.05) is 0 Å². The van der Waals surface area contributed by atoms with E-state index in [0.29, 0.717) is 13.2 Å². The second-order valence-corrected chi connectivity index (χ2v) is 6.70. The van der Waals surface area contributed by atoms with Gasteiger partial charge in [-0.2, -0.15) is 0 Å². The third-order valence-electron chi connectivity index (χ3n) is 3.67. The van der Waals surface area contributed by atoms with Crippen LogP contribution in [-0.4, -0.2) is 29.9 Å². The molecule has 0 heterocycles. The fourth-order valence-electron chi connectivity index (χ4n) is 2.59. The van der Waals surface area contributed by atoms with Gasteiger partial charge in [0, 0.05) is 12.1 Å². The van der Waals surface area contributed by atoms with Gasteiger partial charge >= 0.3 is 0 Å². The number of aryl methyl sites for hydroxylation is 1. The normalized spacial score (nSPS) is 20.5. The molecule has 1 aliphatic carbocycles. The van der Waals surface area contributed by atoms with Crippen molar-refractivity contribution in [3.63, 3.8) is 0 Å². The van der Waals surface area contributed by atoms with Crippen LogP contribution in [0.2, 0.25) is 0 Å². The Kier molecular flexibility index (Phi) is 5.19. The molecule has 1 aromatic carbocycles. The first-order chi connectivity index (χ1) is 9.46. The van der Waals surface area contributed by atoms with E-state index in [1.54, 1.807) is 0 Å². The molecule has 112 valence electrons. The lowest BCUT2D eigenvalue weighted by Gasteiger charge is -2.27. The van der Waals surface area contributed by atoms with Crippen LogP contribution in [0.1, 0.15) is 50.8 Å². The van der Waals surface area contributed by atoms with E-state index in [-0.39, 0.29) is 11.6 Å². The lowest BCUT2D eigenvalue weighted by atomic mass is 9.89. The molecule has 0 aromatic heterocycles. The van der Waals surface area contributed by atoms with Crippen LogP contribution in [0.25, 0.3) is 0 Å². The first kappa shape index (κ1) is 15.5. The molecule has 1 aliphatic rings. The van der Waals surface area contributed by atoms with Crippen LogP contribution < -0.4 is 5.32 Å². The van der Waals surface area contributed by atoms with Gasteiger partial charge in [-0.25, -0.2) is 0 Å². The summed E-state index contributed by atoms with van der Waals surface area (Å²) in [5, 5.41) is 13.3. The van der Waals surface area contributed by atoms with Crippen molar-refractivity contribution in [2.24, 2.45) is 0 Å². The van der Waals surface area contributed by atoms with E-state index < -0.39 is 6.10 Å². The number of aliphatic hydroxyl groups is 1. The molecule has 2 unspecified atom stereocenters. The standard InChI is InChI=1S/C17H27NO2/c1-17(2,3)18-11-14(19)12-20-16-10-6-8-13-7-4-5-9-15(13)16/h4-5,7,9,14,16,18-19H,6,8,10-12H2,1-3H3. The zero-order chi connectivity index (χ0) is 14.6. The SMILES string of the molecule is CC(C)(C)NCC(O)COC1CCCc2ccccc21. The van der Waals surface area contributed by atoms with Gasteiger partial charge < -0.3 is 15.2 Å². The first-order valence-electron chi connectivity index (χ1n) is 7.58. The summed E-state index contributed by atoms with van der Waals surface area (Å²) in [7, 11) is 0. The van der Waals surface area contributed by atoms with Crippen LogP contribution in [0.5, 0.6) is 0 Å². The van der Waals surface area contributed by atoms with Crippen LogP contribution in [0, 0.1) is 0 Å². The van der Waals surface area contributed by atoms with Gasteiger partial charge in [0.1, 0.15) is 0 Å². The van der Waals surface area contributed by atoms with Crippen LogP contribution in [0.15, 0.2) is 24.3 Å². The predicted octanol–water partition coefficient (Wildman–Crippen LogP) is 2.83. The monoisotopic (exact) mass is 277 g/mol. The van der Waals surface area contributed by atoms with Crippen molar-refractivity contribution in [1.82, 2.24) is 5.32 Å². The highest BCUT2D eigenvalue weighted by atomic mass is 16.5. The molecule has 0 amide bonds. The molecule has 1 aromatic rings. The molecular formula is C17H27NO2. The molecule has 2 atom stereocenters. The zero-order valence-corrected chi connectivity index (χ0v) is 12.9. The van der Waals surface area contributed by atoms with E-state index in [2.05, 4.69) is 50.4 Å². The Morgan fingerprint density at radius 3 is 2.85 bits per heavy atom. The van der Waals surface area contributed by atoms with Crippen molar-refractivity contribution >= 4 is 0 Å². The van der Waals surface area contributed by atoms with Gasteiger partial charge in [0.25, 0.3) is 0 Å². The van der Waals surface area contributed by atoms with Gasteiger partial charge in [-0.05, 0) is 51.2 Å². The molecule has 2 rings (SSSR count). The molecule has 2 N–H and O–H groups in total. The van der Waals surface area contributed by atoms with E-state index in [1.165, 1.54) is 11.1 Å². The van der Waals surface area contributed by atoms with Gasteiger partial charge in [-0.3, -0.25) is 0 Å². The number of rotatable bonds is 5. The number of β-amino-alcohol motifs (C(OH)–C–C–N with tert-alkyl or cyclic N) is 1. The summed E-state index contributed by atoms with van der Waals surface area (Å²) in [6.07, 6.45) is 3.05. The van der Waals surface area contributed by atoms with Crippen LogP contribution in [-0.2, 0) is 11.2 Å². The average molecular weight is 277 g/mol. The number of nitrogens with one attached hydrogen (secondary N) is 1. The number of hydrogen-bond acceptors (Lipinski definition) is 3. The van der Waals surface area contributed by atoms with Gasteiger partial charge in [-0.15, -0.1) is 0 Å². The van der Waals surface area contributed by atoms with Crippen molar-refractivity contribution in [3.8, 4) is 0 Å². The Hall–Kier alpha value is -0.900. The summed E-state index contributed by atoms with van der Waals surface area (Å²) in [6.45, 7) is 7.24. The summed E-state index contributed by atoms with van der Waals surface area (Å²) in [6, 6.07) is 8.49. The zero-order valence-electron chi connectivity index (χ0n) is 12.9. The highest BCUT2D eigenvalue weighted by molar-refractivity contribution is 5.31. The van der Waals surface area contributed by atoms with E-state index >= 15 is 0 Å². The van der Waals surface area contributed by atoms with Gasteiger partial charge in [0.15, 0.2) is 0 Å². The van der Waals surface area contributed by atoms with Crippen LogP contribution in [0.3, 0.4) is 0 Å². The number of aliphatic hydroxyl groups excluding tert-OH is 1. The molecule has 0 bridgehead atoms.